The maximum absolute atomic E-state index is 11.6. The topological polar surface area (TPSA) is 61.8 Å². The lowest BCUT2D eigenvalue weighted by Crippen LogP contribution is -2.41. The smallest absolute Gasteiger partial charge is 0.194 e. The number of guanidine groups is 1. The summed E-state index contributed by atoms with van der Waals surface area (Å²) in [5.74, 6) is 3.43. The van der Waals surface area contributed by atoms with Crippen molar-refractivity contribution in [2.75, 3.05) is 31.1 Å². The van der Waals surface area contributed by atoms with Crippen molar-refractivity contribution in [3.8, 4) is 0 Å². The molecular weight excluding hydrogens is 310 g/mol. The molecule has 0 aromatic carbocycles. The fraction of sp³-hybridized carbons (Fsp3) is 0.941. The molecule has 1 aliphatic carbocycles. The third-order valence-corrected chi connectivity index (χ3v) is 6.96. The van der Waals surface area contributed by atoms with Gasteiger partial charge < -0.3 is 10.2 Å². The number of nitrogens with zero attached hydrogens (tertiary/aromatic N) is 2. The molecule has 3 aliphatic rings. The van der Waals surface area contributed by atoms with Crippen LogP contribution in [0.4, 0.5) is 0 Å². The lowest BCUT2D eigenvalue weighted by Gasteiger charge is -2.23. The minimum Gasteiger partial charge on any atom is -0.354 e. The molecule has 0 spiro atoms. The summed E-state index contributed by atoms with van der Waals surface area (Å²) in [5, 5.41) is 3.58. The minimum absolute atomic E-state index is 0.213. The van der Waals surface area contributed by atoms with Crippen molar-refractivity contribution in [3.63, 3.8) is 0 Å². The normalized spacial score (nSPS) is 31.1. The zero-order valence-corrected chi connectivity index (χ0v) is 15.3. The molecule has 0 radical (unpaired) electrons. The second kappa shape index (κ2) is 6.99. The third-order valence-electron chi connectivity index (χ3n) is 5.13. The highest BCUT2D eigenvalue weighted by Gasteiger charge is 2.31. The van der Waals surface area contributed by atoms with E-state index in [0.29, 0.717) is 24.1 Å². The first-order valence-electron chi connectivity index (χ1n) is 9.17. The van der Waals surface area contributed by atoms with Gasteiger partial charge >= 0.3 is 0 Å². The van der Waals surface area contributed by atoms with Crippen molar-refractivity contribution in [1.82, 2.24) is 10.2 Å². The predicted molar refractivity (Wildman–Crippen MR) is 94.4 cm³/mol. The van der Waals surface area contributed by atoms with Crippen LogP contribution in [-0.2, 0) is 9.84 Å². The average Bonchev–Trinajstić information content (AvgIpc) is 3.05. The van der Waals surface area contributed by atoms with Gasteiger partial charge in [0.15, 0.2) is 15.8 Å². The molecule has 5 nitrogen and oxygen atoms in total. The Bertz CT molecular complexity index is 540. The Hall–Kier alpha value is -0.780. The van der Waals surface area contributed by atoms with Crippen LogP contribution in [0.1, 0.15) is 46.0 Å². The molecule has 0 aromatic heterocycles. The Kier molecular flexibility index (Phi) is 5.19. The van der Waals surface area contributed by atoms with Gasteiger partial charge in [0.25, 0.3) is 0 Å². The number of aliphatic imine (C=N–C) groups is 1. The number of sulfone groups is 1. The van der Waals surface area contributed by atoms with Crippen molar-refractivity contribution >= 4 is 15.8 Å². The van der Waals surface area contributed by atoms with Crippen molar-refractivity contribution in [3.05, 3.63) is 0 Å². The fourth-order valence-electron chi connectivity index (χ4n) is 3.76. The molecule has 0 amide bonds. The summed E-state index contributed by atoms with van der Waals surface area (Å²) in [6.07, 6.45) is 5.79. The van der Waals surface area contributed by atoms with E-state index in [1.54, 1.807) is 0 Å². The van der Waals surface area contributed by atoms with Crippen LogP contribution in [0.25, 0.3) is 0 Å². The SMILES string of the molecule is CC(C)CC1CCN(C(=NCC2CCS(=O)(=O)C2)NC2CC2)C1. The molecule has 2 atom stereocenters. The molecule has 23 heavy (non-hydrogen) atoms. The lowest BCUT2D eigenvalue weighted by molar-refractivity contribution is 0.402. The molecule has 0 bridgehead atoms. The highest BCUT2D eigenvalue weighted by molar-refractivity contribution is 7.91. The predicted octanol–water partition coefficient (Wildman–Crippen LogP) is 1.90. The van der Waals surface area contributed by atoms with Crippen LogP contribution in [-0.4, -0.2) is 56.5 Å². The summed E-state index contributed by atoms with van der Waals surface area (Å²) in [6, 6.07) is 0.588. The van der Waals surface area contributed by atoms with Crippen LogP contribution in [0.5, 0.6) is 0 Å². The first-order chi connectivity index (χ1) is 10.9. The molecule has 2 saturated heterocycles. The van der Waals surface area contributed by atoms with Gasteiger partial charge in [0.2, 0.25) is 0 Å². The summed E-state index contributed by atoms with van der Waals surface area (Å²) in [7, 11) is -2.80. The molecule has 2 heterocycles. The van der Waals surface area contributed by atoms with Gasteiger partial charge in [0, 0.05) is 25.7 Å². The highest BCUT2D eigenvalue weighted by atomic mass is 32.2. The first-order valence-corrected chi connectivity index (χ1v) is 11.0. The molecule has 6 heteroatoms. The van der Waals surface area contributed by atoms with Crippen LogP contribution < -0.4 is 5.32 Å². The molecule has 3 fully saturated rings. The molecule has 2 aliphatic heterocycles. The monoisotopic (exact) mass is 341 g/mol. The maximum Gasteiger partial charge on any atom is 0.194 e. The lowest BCUT2D eigenvalue weighted by atomic mass is 9.97. The number of nitrogens with one attached hydrogen (secondary N) is 1. The number of hydrogen-bond acceptors (Lipinski definition) is 3. The second-order valence-electron chi connectivity index (χ2n) is 8.08. The van der Waals surface area contributed by atoms with Crippen molar-refractivity contribution in [2.45, 2.75) is 52.0 Å². The molecule has 0 aromatic rings. The first kappa shape index (κ1) is 17.1. The molecule has 132 valence electrons. The molecule has 1 N–H and O–H groups in total. The van der Waals surface area contributed by atoms with Crippen molar-refractivity contribution in [1.29, 1.82) is 0 Å². The maximum atomic E-state index is 11.6. The Morgan fingerprint density at radius 3 is 2.61 bits per heavy atom. The highest BCUT2D eigenvalue weighted by Crippen LogP contribution is 2.25. The third kappa shape index (κ3) is 5.10. The van der Waals surface area contributed by atoms with Gasteiger partial charge in [-0.1, -0.05) is 13.8 Å². The zero-order chi connectivity index (χ0) is 16.4. The molecule has 2 unspecified atom stereocenters. The second-order valence-corrected chi connectivity index (χ2v) is 10.3. The van der Waals surface area contributed by atoms with E-state index in [2.05, 4.69) is 24.1 Å². The molecule has 3 rings (SSSR count). The van der Waals surface area contributed by atoms with E-state index in [9.17, 15) is 8.42 Å². The van der Waals surface area contributed by atoms with Crippen LogP contribution in [0.2, 0.25) is 0 Å². The van der Waals surface area contributed by atoms with Crippen LogP contribution in [0, 0.1) is 17.8 Å². The zero-order valence-electron chi connectivity index (χ0n) is 14.5. The largest absolute Gasteiger partial charge is 0.354 e. The summed E-state index contributed by atoms with van der Waals surface area (Å²) in [6.45, 7) is 7.42. The Labute approximate surface area is 140 Å². The van der Waals surface area contributed by atoms with E-state index in [-0.39, 0.29) is 5.92 Å². The summed E-state index contributed by atoms with van der Waals surface area (Å²) in [4.78, 5) is 7.21. The van der Waals surface area contributed by atoms with Crippen LogP contribution in [0.3, 0.4) is 0 Å². The minimum atomic E-state index is -2.80. The van der Waals surface area contributed by atoms with Gasteiger partial charge in [-0.25, -0.2) is 8.42 Å². The van der Waals surface area contributed by atoms with Gasteiger partial charge in [0.05, 0.1) is 11.5 Å². The standard InChI is InChI=1S/C17H31N3O2S/c1-13(2)9-14-5-7-20(11-14)17(19-16-3-4-16)18-10-15-6-8-23(21,22)12-15/h13-16H,3-12H2,1-2H3,(H,18,19). The fourth-order valence-corrected chi connectivity index (χ4v) is 5.61. The van der Waals surface area contributed by atoms with Crippen LogP contribution in [0.15, 0.2) is 4.99 Å². The summed E-state index contributed by atoms with van der Waals surface area (Å²) in [5.41, 5.74) is 0. The van der Waals surface area contributed by atoms with Gasteiger partial charge in [-0.3, -0.25) is 4.99 Å². The number of rotatable bonds is 5. The molecular formula is C17H31N3O2S. The molecule has 1 saturated carbocycles. The van der Waals surface area contributed by atoms with Gasteiger partial charge in [0.1, 0.15) is 0 Å². The van der Waals surface area contributed by atoms with E-state index in [0.717, 1.165) is 37.3 Å². The van der Waals surface area contributed by atoms with Gasteiger partial charge in [-0.15, -0.1) is 0 Å². The van der Waals surface area contributed by atoms with Crippen LogP contribution >= 0.6 is 0 Å². The van der Waals surface area contributed by atoms with Crippen molar-refractivity contribution in [2.24, 2.45) is 22.7 Å². The number of hydrogen-bond donors (Lipinski definition) is 1. The van der Waals surface area contributed by atoms with Gasteiger partial charge in [-0.05, 0) is 49.9 Å². The van der Waals surface area contributed by atoms with E-state index >= 15 is 0 Å². The van der Waals surface area contributed by atoms with E-state index in [4.69, 9.17) is 4.99 Å². The Morgan fingerprint density at radius 2 is 2.00 bits per heavy atom. The van der Waals surface area contributed by atoms with Gasteiger partial charge in [-0.2, -0.15) is 0 Å². The Balaban J connectivity index is 1.58. The number of likely N-dealkylation sites (tertiary alicyclic amines) is 1. The summed E-state index contributed by atoms with van der Waals surface area (Å²) >= 11 is 0. The quantitative estimate of drug-likeness (QED) is 0.613. The summed E-state index contributed by atoms with van der Waals surface area (Å²) < 4.78 is 23.2. The van der Waals surface area contributed by atoms with E-state index in [1.807, 2.05) is 0 Å². The average molecular weight is 342 g/mol. The van der Waals surface area contributed by atoms with E-state index in [1.165, 1.54) is 25.7 Å². The Morgan fingerprint density at radius 1 is 1.22 bits per heavy atom. The van der Waals surface area contributed by atoms with E-state index < -0.39 is 9.84 Å². The van der Waals surface area contributed by atoms with Crippen molar-refractivity contribution < 1.29 is 8.42 Å².